The molecule has 1 aromatic carbocycles. The molecule has 9 heteroatoms. The molecule has 0 aliphatic heterocycles. The standard InChI is InChI=1S/C16H20N4O3S.Na/c1-11(2)18-16(21)20-24(22,23)15-10-17-8-7-14(15)19-13-6-4-5-12(3)9-13;/h4-11H,1-3H3,(H,17,19)(H2,18,20,21);/q;+1. The Labute approximate surface area is 170 Å². The van der Waals surface area contributed by atoms with Crippen LogP contribution in [0.25, 0.3) is 0 Å². The first-order valence-corrected chi connectivity index (χ1v) is 8.87. The summed E-state index contributed by atoms with van der Waals surface area (Å²) < 4.78 is 26.9. The summed E-state index contributed by atoms with van der Waals surface area (Å²) in [7, 11) is -4.05. The van der Waals surface area contributed by atoms with Crippen LogP contribution in [-0.4, -0.2) is 25.5 Å². The van der Waals surface area contributed by atoms with Gasteiger partial charge in [0.05, 0.1) is 5.69 Å². The smallest absolute Gasteiger partial charge is 0.354 e. The summed E-state index contributed by atoms with van der Waals surface area (Å²) in [5, 5.41) is 5.52. The van der Waals surface area contributed by atoms with Crippen molar-refractivity contribution in [3.63, 3.8) is 0 Å². The molecule has 2 aromatic rings. The third-order valence-electron chi connectivity index (χ3n) is 3.02. The minimum atomic E-state index is -4.05. The molecule has 1 heterocycles. The SMILES string of the molecule is Cc1cccc(Nc2ccncc2S(=O)(=O)NC(=O)NC(C)C)c1.[Na+]. The number of pyridine rings is 1. The van der Waals surface area contributed by atoms with Gasteiger partial charge in [-0.2, -0.15) is 0 Å². The van der Waals surface area contributed by atoms with Gasteiger partial charge in [-0.05, 0) is 44.5 Å². The summed E-state index contributed by atoms with van der Waals surface area (Å²) in [5.74, 6) is 0. The van der Waals surface area contributed by atoms with Gasteiger partial charge in [0.15, 0.2) is 0 Å². The topological polar surface area (TPSA) is 100 Å². The van der Waals surface area contributed by atoms with Gasteiger partial charge in [0.1, 0.15) is 4.90 Å². The number of urea groups is 1. The first kappa shape index (κ1) is 21.4. The van der Waals surface area contributed by atoms with Crippen LogP contribution in [0.3, 0.4) is 0 Å². The van der Waals surface area contributed by atoms with Gasteiger partial charge in [-0.25, -0.2) is 17.9 Å². The Morgan fingerprint density at radius 2 is 1.92 bits per heavy atom. The summed E-state index contributed by atoms with van der Waals surface area (Å²) >= 11 is 0. The van der Waals surface area contributed by atoms with Gasteiger partial charge in [0, 0.05) is 24.1 Å². The van der Waals surface area contributed by atoms with Crippen molar-refractivity contribution in [2.45, 2.75) is 31.7 Å². The molecule has 128 valence electrons. The number of nitrogens with zero attached hydrogens (tertiary/aromatic N) is 1. The van der Waals surface area contributed by atoms with Crippen molar-refractivity contribution >= 4 is 27.4 Å². The molecule has 0 atom stereocenters. The Kier molecular flexibility index (Phi) is 7.88. The average molecular weight is 371 g/mol. The molecule has 0 fully saturated rings. The molecular weight excluding hydrogens is 351 g/mol. The quantitative estimate of drug-likeness (QED) is 0.618. The van der Waals surface area contributed by atoms with Crippen LogP contribution in [0, 0.1) is 6.92 Å². The molecule has 0 spiro atoms. The maximum Gasteiger partial charge on any atom is 1.00 e. The Balaban J connectivity index is 0.00000312. The van der Waals surface area contributed by atoms with E-state index in [1.54, 1.807) is 13.8 Å². The number of rotatable bonds is 5. The second-order valence-corrected chi connectivity index (χ2v) is 7.25. The zero-order chi connectivity index (χ0) is 17.7. The molecule has 25 heavy (non-hydrogen) atoms. The van der Waals surface area contributed by atoms with E-state index in [1.165, 1.54) is 18.5 Å². The van der Waals surface area contributed by atoms with Crippen molar-refractivity contribution in [2.75, 3.05) is 5.32 Å². The van der Waals surface area contributed by atoms with Crippen LogP contribution in [0.2, 0.25) is 0 Å². The van der Waals surface area contributed by atoms with Gasteiger partial charge in [0.25, 0.3) is 10.0 Å². The zero-order valence-corrected chi connectivity index (χ0v) is 17.5. The number of hydrogen-bond acceptors (Lipinski definition) is 5. The summed E-state index contributed by atoms with van der Waals surface area (Å²) in [4.78, 5) is 15.5. The van der Waals surface area contributed by atoms with Crippen LogP contribution >= 0.6 is 0 Å². The number of carbonyl (C=O) groups is 1. The van der Waals surface area contributed by atoms with E-state index >= 15 is 0 Å². The first-order valence-electron chi connectivity index (χ1n) is 7.39. The van der Waals surface area contributed by atoms with Gasteiger partial charge in [0.2, 0.25) is 0 Å². The van der Waals surface area contributed by atoms with Crippen LogP contribution in [0.5, 0.6) is 0 Å². The van der Waals surface area contributed by atoms with E-state index in [0.717, 1.165) is 11.3 Å². The van der Waals surface area contributed by atoms with Gasteiger partial charge in [-0.1, -0.05) is 12.1 Å². The molecule has 0 bridgehead atoms. The van der Waals surface area contributed by atoms with Crippen molar-refractivity contribution in [1.82, 2.24) is 15.0 Å². The predicted octanol–water partition coefficient (Wildman–Crippen LogP) is -0.466. The van der Waals surface area contributed by atoms with E-state index in [-0.39, 0.29) is 40.5 Å². The van der Waals surface area contributed by atoms with Gasteiger partial charge >= 0.3 is 35.6 Å². The Bertz CT molecular complexity index is 841. The molecule has 2 amide bonds. The number of anilines is 2. The minimum Gasteiger partial charge on any atom is -0.354 e. The minimum absolute atomic E-state index is 0. The molecule has 0 aliphatic carbocycles. The Hall–Kier alpha value is -1.61. The Morgan fingerprint density at radius 1 is 1.20 bits per heavy atom. The zero-order valence-electron chi connectivity index (χ0n) is 14.7. The van der Waals surface area contributed by atoms with Crippen molar-refractivity contribution in [3.05, 3.63) is 48.3 Å². The number of hydrogen-bond donors (Lipinski definition) is 3. The fourth-order valence-corrected chi connectivity index (χ4v) is 3.07. The van der Waals surface area contributed by atoms with Crippen molar-refractivity contribution in [2.24, 2.45) is 0 Å². The molecule has 0 radical (unpaired) electrons. The van der Waals surface area contributed by atoms with E-state index in [4.69, 9.17) is 0 Å². The van der Waals surface area contributed by atoms with Gasteiger partial charge < -0.3 is 10.6 Å². The second kappa shape index (κ2) is 9.19. The summed E-state index contributed by atoms with van der Waals surface area (Å²) in [6.45, 7) is 5.41. The van der Waals surface area contributed by atoms with Crippen LogP contribution in [0.15, 0.2) is 47.6 Å². The fourth-order valence-electron chi connectivity index (χ4n) is 2.04. The van der Waals surface area contributed by atoms with E-state index < -0.39 is 16.1 Å². The summed E-state index contributed by atoms with van der Waals surface area (Å²) in [6.07, 6.45) is 2.68. The van der Waals surface area contributed by atoms with Crippen molar-refractivity contribution in [3.8, 4) is 0 Å². The van der Waals surface area contributed by atoms with Gasteiger partial charge in [-0.3, -0.25) is 4.98 Å². The number of sulfonamides is 1. The number of amides is 2. The number of aromatic nitrogens is 1. The van der Waals surface area contributed by atoms with Crippen molar-refractivity contribution in [1.29, 1.82) is 0 Å². The molecule has 0 saturated carbocycles. The number of aryl methyl sites for hydroxylation is 1. The number of benzene rings is 1. The molecule has 1 aromatic heterocycles. The molecule has 0 aliphatic rings. The molecular formula is C16H20N4NaO3S+. The third kappa shape index (κ3) is 6.32. The van der Waals surface area contributed by atoms with Crippen LogP contribution in [-0.2, 0) is 10.0 Å². The normalized spacial score (nSPS) is 10.7. The number of carbonyl (C=O) groups excluding carboxylic acids is 1. The maximum atomic E-state index is 12.5. The third-order valence-corrected chi connectivity index (χ3v) is 4.38. The average Bonchev–Trinajstić information content (AvgIpc) is 2.46. The molecule has 0 saturated heterocycles. The van der Waals surface area contributed by atoms with E-state index in [9.17, 15) is 13.2 Å². The first-order chi connectivity index (χ1) is 11.3. The van der Waals surface area contributed by atoms with Crippen LogP contribution < -0.4 is 44.9 Å². The molecule has 2 rings (SSSR count). The largest absolute Gasteiger partial charge is 1.00 e. The van der Waals surface area contributed by atoms with Crippen LogP contribution in [0.1, 0.15) is 19.4 Å². The molecule has 3 N–H and O–H groups in total. The van der Waals surface area contributed by atoms with Crippen LogP contribution in [0.4, 0.5) is 16.2 Å². The monoisotopic (exact) mass is 371 g/mol. The van der Waals surface area contributed by atoms with E-state index in [1.807, 2.05) is 35.9 Å². The second-order valence-electron chi connectivity index (χ2n) is 5.60. The van der Waals surface area contributed by atoms with E-state index in [2.05, 4.69) is 15.6 Å². The summed E-state index contributed by atoms with van der Waals surface area (Å²) in [5.41, 5.74) is 2.11. The fraction of sp³-hybridized carbons (Fsp3) is 0.250. The van der Waals surface area contributed by atoms with Crippen molar-refractivity contribution < 1.29 is 42.8 Å². The maximum absolute atomic E-state index is 12.5. The summed E-state index contributed by atoms with van der Waals surface area (Å²) in [6, 6.07) is 8.08. The van der Waals surface area contributed by atoms with E-state index in [0.29, 0.717) is 5.69 Å². The van der Waals surface area contributed by atoms with Gasteiger partial charge in [-0.15, -0.1) is 0 Å². The molecule has 0 unspecified atom stereocenters. The Morgan fingerprint density at radius 3 is 2.56 bits per heavy atom. The number of nitrogens with one attached hydrogen (secondary N) is 3. The predicted molar refractivity (Wildman–Crippen MR) is 92.7 cm³/mol. The molecule has 7 nitrogen and oxygen atoms in total.